The van der Waals surface area contributed by atoms with Crippen LogP contribution < -0.4 is 0 Å². The fourth-order valence-electron chi connectivity index (χ4n) is 1.75. The molecule has 0 radical (unpaired) electrons. The maximum atomic E-state index is 11.2. The van der Waals surface area contributed by atoms with E-state index in [-0.39, 0.29) is 6.61 Å². The molecule has 0 spiro atoms. The number of carbonyl (C=O) groups excluding carboxylic acids is 3. The van der Waals surface area contributed by atoms with Crippen molar-refractivity contribution in [2.45, 2.75) is 51.8 Å². The maximum absolute atomic E-state index is 11.2. The minimum atomic E-state index is -1.57. The number of carbonyl (C=O) groups is 3. The standard InChI is InChI=1S/C12H18O8/c1-6(13)17-5-10-12(19-8(3)15)9(18-7(2)14)4-11(16)20-10/h9-12,16H,4-5H2,1-3H3/t9-,10-,11+,12+/m1/s1/i4D/t4-,9-,10-,11+,12+. The fourth-order valence-corrected chi connectivity index (χ4v) is 1.75. The first kappa shape index (κ1) is 14.7. The van der Waals surface area contributed by atoms with E-state index in [4.69, 9.17) is 20.3 Å². The van der Waals surface area contributed by atoms with Gasteiger partial charge < -0.3 is 24.1 Å². The van der Waals surface area contributed by atoms with Gasteiger partial charge in [0.15, 0.2) is 12.4 Å². The van der Waals surface area contributed by atoms with E-state index in [0.717, 1.165) is 13.8 Å². The summed E-state index contributed by atoms with van der Waals surface area (Å²) in [5, 5.41) is 9.67. The molecule has 8 nitrogen and oxygen atoms in total. The zero-order chi connectivity index (χ0) is 16.2. The number of ether oxygens (including phenoxy) is 4. The lowest BCUT2D eigenvalue weighted by Crippen LogP contribution is -2.53. The number of aliphatic hydroxyl groups excluding tert-OH is 1. The van der Waals surface area contributed by atoms with Crippen molar-refractivity contribution in [2.24, 2.45) is 0 Å². The normalized spacial score (nSPS) is 33.8. The Morgan fingerprint density at radius 2 is 1.80 bits per heavy atom. The van der Waals surface area contributed by atoms with E-state index in [2.05, 4.69) is 0 Å². The predicted octanol–water partition coefficient (Wildman–Crippen LogP) is -0.480. The topological polar surface area (TPSA) is 108 Å². The fraction of sp³-hybridized carbons (Fsp3) is 0.750. The van der Waals surface area contributed by atoms with E-state index in [9.17, 15) is 19.5 Å². The molecule has 0 unspecified atom stereocenters. The number of esters is 3. The summed E-state index contributed by atoms with van der Waals surface area (Å²) in [6, 6.07) is 0. The Kier molecular flexibility index (Phi) is 5.31. The third-order valence-electron chi connectivity index (χ3n) is 2.41. The van der Waals surface area contributed by atoms with Crippen LogP contribution in [0.1, 0.15) is 28.5 Å². The molecular weight excluding hydrogens is 272 g/mol. The van der Waals surface area contributed by atoms with E-state index in [1.807, 2.05) is 0 Å². The summed E-state index contributed by atoms with van der Waals surface area (Å²) in [4.78, 5) is 33.1. The molecule has 1 N–H and O–H groups in total. The van der Waals surface area contributed by atoms with Gasteiger partial charge in [0.1, 0.15) is 18.8 Å². The second-order valence-corrected chi connectivity index (χ2v) is 4.21. The van der Waals surface area contributed by atoms with Gasteiger partial charge in [-0.3, -0.25) is 14.4 Å². The number of hydrogen-bond donors (Lipinski definition) is 1. The highest BCUT2D eigenvalue weighted by Crippen LogP contribution is 2.25. The number of hydrogen-bond acceptors (Lipinski definition) is 8. The number of rotatable bonds is 4. The van der Waals surface area contributed by atoms with Gasteiger partial charge in [-0.1, -0.05) is 0 Å². The zero-order valence-corrected chi connectivity index (χ0v) is 11.4. The zero-order valence-electron chi connectivity index (χ0n) is 12.4. The van der Waals surface area contributed by atoms with Crippen molar-refractivity contribution in [1.82, 2.24) is 0 Å². The second kappa shape index (κ2) is 7.20. The first-order valence-electron chi connectivity index (χ1n) is 6.53. The van der Waals surface area contributed by atoms with Crippen molar-refractivity contribution in [3.63, 3.8) is 0 Å². The lowest BCUT2D eigenvalue weighted by atomic mass is 10.0. The summed E-state index contributed by atoms with van der Waals surface area (Å²) in [5.74, 6) is -1.97. The van der Waals surface area contributed by atoms with Crippen LogP contribution >= 0.6 is 0 Å². The van der Waals surface area contributed by atoms with E-state index < -0.39 is 48.9 Å². The van der Waals surface area contributed by atoms with Gasteiger partial charge >= 0.3 is 17.9 Å². The van der Waals surface area contributed by atoms with Gasteiger partial charge in [-0.15, -0.1) is 0 Å². The molecule has 0 aromatic heterocycles. The third-order valence-corrected chi connectivity index (χ3v) is 2.41. The van der Waals surface area contributed by atoms with E-state index in [0.29, 0.717) is 0 Å². The summed E-state index contributed by atoms with van der Waals surface area (Å²) >= 11 is 0. The lowest BCUT2D eigenvalue weighted by Gasteiger charge is -2.38. The molecule has 114 valence electrons. The largest absolute Gasteiger partial charge is 0.463 e. The van der Waals surface area contributed by atoms with Gasteiger partial charge in [-0.2, -0.15) is 0 Å². The van der Waals surface area contributed by atoms with Crippen molar-refractivity contribution in [3.05, 3.63) is 0 Å². The average molecular weight is 291 g/mol. The van der Waals surface area contributed by atoms with Crippen LogP contribution in [0.2, 0.25) is 0 Å². The van der Waals surface area contributed by atoms with E-state index in [1.54, 1.807) is 0 Å². The summed E-state index contributed by atoms with van der Waals surface area (Å²) in [6.45, 7) is 3.13. The van der Waals surface area contributed by atoms with Crippen molar-refractivity contribution in [1.29, 1.82) is 0 Å². The van der Waals surface area contributed by atoms with Gasteiger partial charge in [-0.05, 0) is 0 Å². The van der Waals surface area contributed by atoms with Crippen molar-refractivity contribution >= 4 is 17.9 Å². The van der Waals surface area contributed by atoms with Crippen LogP contribution in [0.5, 0.6) is 0 Å². The molecule has 0 aliphatic carbocycles. The first-order chi connectivity index (χ1) is 9.72. The molecule has 0 amide bonds. The summed E-state index contributed by atoms with van der Waals surface area (Å²) < 4.78 is 27.6. The van der Waals surface area contributed by atoms with Crippen LogP contribution in [0.15, 0.2) is 0 Å². The molecular formula is C12H18O8. The molecule has 1 saturated heterocycles. The van der Waals surface area contributed by atoms with Crippen LogP contribution in [-0.2, 0) is 33.3 Å². The molecule has 0 bridgehead atoms. The van der Waals surface area contributed by atoms with Gasteiger partial charge in [0.2, 0.25) is 0 Å². The van der Waals surface area contributed by atoms with Crippen LogP contribution in [0, 0.1) is 0 Å². The lowest BCUT2D eigenvalue weighted by molar-refractivity contribution is -0.252. The van der Waals surface area contributed by atoms with Gasteiger partial charge in [-0.25, -0.2) is 0 Å². The Balaban J connectivity index is 2.94. The average Bonchev–Trinajstić information content (AvgIpc) is 2.35. The Morgan fingerprint density at radius 3 is 2.30 bits per heavy atom. The van der Waals surface area contributed by atoms with Gasteiger partial charge in [0, 0.05) is 28.5 Å². The van der Waals surface area contributed by atoms with Gasteiger partial charge in [0.25, 0.3) is 0 Å². The van der Waals surface area contributed by atoms with Crippen molar-refractivity contribution in [2.75, 3.05) is 6.61 Å². The van der Waals surface area contributed by atoms with Crippen LogP contribution in [0.3, 0.4) is 0 Å². The SMILES string of the molecule is [2H][C@@H]1[C@@H](OC(C)=O)[C@H](OC(C)=O)[C@@H](COC(C)=O)O[C@@H]1O. The number of aliphatic hydroxyl groups is 1. The minimum absolute atomic E-state index is 0.311. The van der Waals surface area contributed by atoms with Crippen LogP contribution in [0.25, 0.3) is 0 Å². The highest BCUT2D eigenvalue weighted by Gasteiger charge is 2.43. The van der Waals surface area contributed by atoms with E-state index >= 15 is 0 Å². The molecule has 1 rings (SSSR count). The first-order valence-corrected chi connectivity index (χ1v) is 5.96. The van der Waals surface area contributed by atoms with E-state index in [1.165, 1.54) is 6.92 Å². The highest BCUT2D eigenvalue weighted by atomic mass is 16.7. The van der Waals surface area contributed by atoms with Gasteiger partial charge in [0.05, 0.1) is 0 Å². The monoisotopic (exact) mass is 291 g/mol. The minimum Gasteiger partial charge on any atom is -0.463 e. The third kappa shape index (κ3) is 5.14. The molecule has 5 atom stereocenters. The Labute approximate surface area is 117 Å². The highest BCUT2D eigenvalue weighted by molar-refractivity contribution is 5.67. The maximum Gasteiger partial charge on any atom is 0.303 e. The van der Waals surface area contributed by atoms with Crippen molar-refractivity contribution < 1.29 is 39.8 Å². The molecule has 0 saturated carbocycles. The van der Waals surface area contributed by atoms with Crippen LogP contribution in [-0.4, -0.2) is 54.2 Å². The molecule has 8 heteroatoms. The van der Waals surface area contributed by atoms with Crippen molar-refractivity contribution in [3.8, 4) is 0 Å². The molecule has 1 aliphatic rings. The Morgan fingerprint density at radius 1 is 1.20 bits per heavy atom. The molecule has 0 aromatic rings. The molecule has 1 aliphatic heterocycles. The second-order valence-electron chi connectivity index (χ2n) is 4.21. The summed E-state index contributed by atoms with van der Waals surface area (Å²) in [6.07, 6.45) is -6.35. The summed E-state index contributed by atoms with van der Waals surface area (Å²) in [7, 11) is 0. The molecule has 20 heavy (non-hydrogen) atoms. The summed E-state index contributed by atoms with van der Waals surface area (Å²) in [5.41, 5.74) is 0. The smallest absolute Gasteiger partial charge is 0.303 e. The van der Waals surface area contributed by atoms with Crippen LogP contribution in [0.4, 0.5) is 0 Å². The molecule has 1 fully saturated rings. The Bertz CT molecular complexity index is 412. The quantitative estimate of drug-likeness (QED) is 0.546. The predicted molar refractivity (Wildman–Crippen MR) is 63.2 cm³/mol. The Hall–Kier alpha value is -1.67. The molecule has 0 aromatic carbocycles. The molecule has 1 heterocycles.